The summed E-state index contributed by atoms with van der Waals surface area (Å²) in [5.41, 5.74) is 8.90. The molecule has 0 atom stereocenters. The van der Waals surface area contributed by atoms with Gasteiger partial charge in [-0.3, -0.25) is 0 Å². The minimum atomic E-state index is 0.696. The van der Waals surface area contributed by atoms with Gasteiger partial charge in [0.15, 0.2) is 0 Å². The van der Waals surface area contributed by atoms with Crippen LogP contribution in [0.5, 0.6) is 0 Å². The Bertz CT molecular complexity index is 1960. The molecule has 0 unspecified atom stereocenters. The lowest BCUT2D eigenvalue weighted by atomic mass is 9.98. The zero-order valence-electron chi connectivity index (χ0n) is 19.1. The third kappa shape index (κ3) is 2.90. The number of rotatable bonds is 2. The van der Waals surface area contributed by atoms with Crippen LogP contribution in [-0.4, -0.2) is 4.57 Å². The first kappa shape index (κ1) is 19.6. The molecule has 0 aliphatic rings. The Hall–Kier alpha value is -4.81. The van der Waals surface area contributed by atoms with Crippen molar-refractivity contribution in [3.63, 3.8) is 0 Å². The zero-order valence-corrected chi connectivity index (χ0v) is 19.1. The van der Waals surface area contributed by atoms with Gasteiger partial charge in [-0.25, -0.2) is 0 Å². The van der Waals surface area contributed by atoms with Crippen molar-refractivity contribution in [3.8, 4) is 22.9 Å². The van der Waals surface area contributed by atoms with E-state index in [-0.39, 0.29) is 0 Å². The Morgan fingerprint density at radius 3 is 2.26 bits per heavy atom. The standard InChI is InChI=1S/C32H20N2O/c1-20-10-15-24(22(16-20)19-33)21-11-13-23(14-12-21)34-29-8-4-2-6-25(29)27-17-28-26-7-3-5-9-31(26)35-32(28)18-30(27)34/h2-18H,1H3. The summed E-state index contributed by atoms with van der Waals surface area (Å²) < 4.78 is 8.51. The molecule has 0 aliphatic heterocycles. The molecule has 5 aromatic carbocycles. The molecule has 3 heteroatoms. The fourth-order valence-electron chi connectivity index (χ4n) is 5.26. The van der Waals surface area contributed by atoms with Crippen LogP contribution in [0.25, 0.3) is 60.6 Å². The zero-order chi connectivity index (χ0) is 23.5. The van der Waals surface area contributed by atoms with Gasteiger partial charge in [0.05, 0.1) is 22.7 Å². The average molecular weight is 449 g/mol. The van der Waals surface area contributed by atoms with E-state index in [1.165, 1.54) is 10.8 Å². The molecule has 2 aromatic heterocycles. The van der Waals surface area contributed by atoms with Crippen molar-refractivity contribution in [2.45, 2.75) is 6.92 Å². The lowest BCUT2D eigenvalue weighted by Gasteiger charge is -2.10. The van der Waals surface area contributed by atoms with Gasteiger partial charge in [0, 0.05) is 33.3 Å². The molecule has 7 rings (SSSR count). The van der Waals surface area contributed by atoms with E-state index >= 15 is 0 Å². The van der Waals surface area contributed by atoms with E-state index in [2.05, 4.69) is 89.5 Å². The molecule has 0 bridgehead atoms. The lowest BCUT2D eigenvalue weighted by molar-refractivity contribution is 0.669. The molecular formula is C32H20N2O. The van der Waals surface area contributed by atoms with Gasteiger partial charge in [0.25, 0.3) is 0 Å². The van der Waals surface area contributed by atoms with Crippen LogP contribution in [-0.2, 0) is 0 Å². The molecular weight excluding hydrogens is 428 g/mol. The Morgan fingerprint density at radius 2 is 1.43 bits per heavy atom. The first-order chi connectivity index (χ1) is 17.2. The summed E-state index contributed by atoms with van der Waals surface area (Å²) in [6.45, 7) is 2.01. The van der Waals surface area contributed by atoms with Crippen molar-refractivity contribution in [1.29, 1.82) is 5.26 Å². The first-order valence-corrected chi connectivity index (χ1v) is 11.7. The fraction of sp³-hybridized carbons (Fsp3) is 0.0312. The lowest BCUT2D eigenvalue weighted by Crippen LogP contribution is -1.94. The van der Waals surface area contributed by atoms with Crippen LogP contribution in [0.2, 0.25) is 0 Å². The van der Waals surface area contributed by atoms with Gasteiger partial charge in [-0.2, -0.15) is 5.26 Å². The molecule has 0 amide bonds. The number of fused-ring (bicyclic) bond motifs is 6. The highest BCUT2D eigenvalue weighted by molar-refractivity contribution is 6.17. The van der Waals surface area contributed by atoms with E-state index in [1.54, 1.807) is 0 Å². The summed E-state index contributed by atoms with van der Waals surface area (Å²) in [5.74, 6) is 0. The summed E-state index contributed by atoms with van der Waals surface area (Å²) in [6.07, 6.45) is 0. The van der Waals surface area contributed by atoms with E-state index in [4.69, 9.17) is 4.42 Å². The summed E-state index contributed by atoms with van der Waals surface area (Å²) >= 11 is 0. The van der Waals surface area contributed by atoms with Crippen molar-refractivity contribution >= 4 is 43.7 Å². The predicted molar refractivity (Wildman–Crippen MR) is 143 cm³/mol. The van der Waals surface area contributed by atoms with Crippen molar-refractivity contribution in [2.24, 2.45) is 0 Å². The van der Waals surface area contributed by atoms with Crippen LogP contribution in [0.15, 0.2) is 108 Å². The van der Waals surface area contributed by atoms with Crippen LogP contribution < -0.4 is 0 Å². The molecule has 0 saturated carbocycles. The van der Waals surface area contributed by atoms with Gasteiger partial charge in [-0.1, -0.05) is 60.7 Å². The second-order valence-electron chi connectivity index (χ2n) is 9.02. The minimum absolute atomic E-state index is 0.696. The molecule has 164 valence electrons. The Balaban J connectivity index is 1.47. The Morgan fingerprint density at radius 1 is 0.657 bits per heavy atom. The van der Waals surface area contributed by atoms with E-state index in [9.17, 15) is 5.26 Å². The number of aromatic nitrogens is 1. The monoisotopic (exact) mass is 448 g/mol. The first-order valence-electron chi connectivity index (χ1n) is 11.7. The quantitative estimate of drug-likeness (QED) is 0.266. The highest BCUT2D eigenvalue weighted by atomic mass is 16.3. The van der Waals surface area contributed by atoms with Gasteiger partial charge in [-0.05, 0) is 60.0 Å². The number of hydrogen-bond donors (Lipinski definition) is 0. The SMILES string of the molecule is Cc1ccc(-c2ccc(-n3c4ccccc4c4cc5c(cc43)oc3ccccc35)cc2)c(C#N)c1. The van der Waals surface area contributed by atoms with Gasteiger partial charge < -0.3 is 8.98 Å². The number of hydrogen-bond acceptors (Lipinski definition) is 2. The van der Waals surface area contributed by atoms with Crippen LogP contribution >= 0.6 is 0 Å². The molecule has 3 nitrogen and oxygen atoms in total. The highest BCUT2D eigenvalue weighted by Gasteiger charge is 2.16. The largest absolute Gasteiger partial charge is 0.456 e. The third-order valence-electron chi connectivity index (χ3n) is 6.90. The van der Waals surface area contributed by atoms with E-state index in [0.29, 0.717) is 5.56 Å². The molecule has 0 spiro atoms. The van der Waals surface area contributed by atoms with Gasteiger partial charge in [0.2, 0.25) is 0 Å². The van der Waals surface area contributed by atoms with Crippen molar-refractivity contribution in [1.82, 2.24) is 4.57 Å². The van der Waals surface area contributed by atoms with Crippen LogP contribution in [0.1, 0.15) is 11.1 Å². The normalized spacial score (nSPS) is 11.5. The van der Waals surface area contributed by atoms with Gasteiger partial charge in [0.1, 0.15) is 11.2 Å². The van der Waals surface area contributed by atoms with Gasteiger partial charge >= 0.3 is 0 Å². The van der Waals surface area contributed by atoms with Crippen molar-refractivity contribution in [2.75, 3.05) is 0 Å². The smallest absolute Gasteiger partial charge is 0.137 e. The molecule has 0 saturated heterocycles. The molecule has 0 fully saturated rings. The van der Waals surface area contributed by atoms with Crippen molar-refractivity contribution in [3.05, 3.63) is 114 Å². The molecule has 7 aromatic rings. The Labute approximate surface area is 202 Å². The number of furan rings is 1. The van der Waals surface area contributed by atoms with E-state index in [0.717, 1.165) is 55.3 Å². The summed E-state index contributed by atoms with van der Waals surface area (Å²) in [6, 6.07) is 37.9. The maximum atomic E-state index is 9.62. The average Bonchev–Trinajstić information content (AvgIpc) is 3.42. The number of para-hydroxylation sites is 2. The molecule has 2 heterocycles. The topological polar surface area (TPSA) is 41.9 Å². The van der Waals surface area contributed by atoms with Crippen LogP contribution in [0, 0.1) is 18.3 Å². The summed E-state index contributed by atoms with van der Waals surface area (Å²) in [5, 5.41) is 14.3. The number of aryl methyl sites for hydroxylation is 1. The van der Waals surface area contributed by atoms with Crippen LogP contribution in [0.3, 0.4) is 0 Å². The fourth-order valence-corrected chi connectivity index (χ4v) is 5.26. The van der Waals surface area contributed by atoms with Crippen LogP contribution in [0.4, 0.5) is 0 Å². The molecule has 0 N–H and O–H groups in total. The second-order valence-corrected chi connectivity index (χ2v) is 9.02. The minimum Gasteiger partial charge on any atom is -0.456 e. The number of benzene rings is 5. The summed E-state index contributed by atoms with van der Waals surface area (Å²) in [4.78, 5) is 0. The summed E-state index contributed by atoms with van der Waals surface area (Å²) in [7, 11) is 0. The predicted octanol–water partition coefficient (Wildman–Crippen LogP) is 8.53. The second kappa shape index (κ2) is 7.35. The third-order valence-corrected chi connectivity index (χ3v) is 6.90. The van der Waals surface area contributed by atoms with Crippen molar-refractivity contribution < 1.29 is 4.42 Å². The maximum Gasteiger partial charge on any atom is 0.137 e. The maximum absolute atomic E-state index is 9.62. The number of nitrogens with zero attached hydrogens (tertiary/aromatic N) is 2. The molecule has 35 heavy (non-hydrogen) atoms. The van der Waals surface area contributed by atoms with E-state index < -0.39 is 0 Å². The molecule has 0 radical (unpaired) electrons. The van der Waals surface area contributed by atoms with E-state index in [1.807, 2.05) is 31.2 Å². The molecule has 0 aliphatic carbocycles. The van der Waals surface area contributed by atoms with Gasteiger partial charge in [-0.15, -0.1) is 0 Å². The number of nitriles is 1. The Kier molecular flexibility index (Phi) is 4.12. The highest BCUT2D eigenvalue weighted by Crippen LogP contribution is 2.38.